The lowest BCUT2D eigenvalue weighted by atomic mass is 10.2. The van der Waals surface area contributed by atoms with Gasteiger partial charge in [0.05, 0.1) is 11.8 Å². The minimum atomic E-state index is -0.116. The molecule has 102 valence electrons. The molecule has 0 aliphatic carbocycles. The van der Waals surface area contributed by atoms with E-state index in [0.29, 0.717) is 5.82 Å². The number of hydrogen-bond acceptors (Lipinski definition) is 3. The van der Waals surface area contributed by atoms with Crippen LogP contribution in [0.25, 0.3) is 10.9 Å². The maximum atomic E-state index is 12.0. The third-order valence-corrected chi connectivity index (χ3v) is 3.10. The summed E-state index contributed by atoms with van der Waals surface area (Å²) in [5.74, 6) is 0.488. The zero-order chi connectivity index (χ0) is 13.9. The molecule has 0 radical (unpaired) electrons. The van der Waals surface area contributed by atoms with Crippen molar-refractivity contribution in [1.29, 1.82) is 0 Å². The monoisotopic (exact) mass is 269 g/mol. The van der Waals surface area contributed by atoms with Gasteiger partial charge in [0.1, 0.15) is 6.54 Å². The molecule has 0 bridgehead atoms. The normalized spacial score (nSPS) is 10.8. The van der Waals surface area contributed by atoms with E-state index in [4.69, 9.17) is 0 Å². The smallest absolute Gasteiger partial charge is 0.245 e. The average molecular weight is 269 g/mol. The molecule has 6 nitrogen and oxygen atoms in total. The van der Waals surface area contributed by atoms with Gasteiger partial charge in [0.15, 0.2) is 5.82 Å². The predicted octanol–water partition coefficient (Wildman–Crippen LogP) is 1.89. The van der Waals surface area contributed by atoms with Gasteiger partial charge in [0.2, 0.25) is 5.91 Å². The predicted molar refractivity (Wildman–Crippen MR) is 76.3 cm³/mol. The van der Waals surface area contributed by atoms with E-state index in [1.54, 1.807) is 23.3 Å². The van der Waals surface area contributed by atoms with Crippen LogP contribution in [-0.2, 0) is 17.9 Å². The fourth-order valence-corrected chi connectivity index (χ4v) is 2.18. The number of para-hydroxylation sites is 1. The molecule has 1 aromatic carbocycles. The fourth-order valence-electron chi connectivity index (χ4n) is 2.18. The first-order valence-electron chi connectivity index (χ1n) is 6.49. The largest absolute Gasteiger partial charge is 0.328 e. The van der Waals surface area contributed by atoms with Gasteiger partial charge in [-0.2, -0.15) is 5.10 Å². The fraction of sp³-hybridized carbons (Fsp3) is 0.214. The Morgan fingerprint density at radius 1 is 1.35 bits per heavy atom. The second-order valence-electron chi connectivity index (χ2n) is 4.46. The first kappa shape index (κ1) is 12.4. The molecule has 1 amide bonds. The van der Waals surface area contributed by atoms with Gasteiger partial charge < -0.3 is 9.88 Å². The van der Waals surface area contributed by atoms with Crippen molar-refractivity contribution in [1.82, 2.24) is 19.3 Å². The molecule has 1 N–H and O–H groups in total. The standard InChI is InChI=1S/C14H15N5O/c1-2-19-12-6-4-3-5-11(12)14(17-19)16-13(20)9-18-8-7-15-10-18/h3-8,10H,2,9H2,1H3,(H,16,17,20). The number of rotatable bonds is 4. The minimum absolute atomic E-state index is 0.116. The summed E-state index contributed by atoms with van der Waals surface area (Å²) in [7, 11) is 0. The van der Waals surface area contributed by atoms with Gasteiger partial charge in [0.25, 0.3) is 0 Å². The van der Waals surface area contributed by atoms with Crippen LogP contribution >= 0.6 is 0 Å². The number of imidazole rings is 1. The number of hydrogen-bond donors (Lipinski definition) is 1. The van der Waals surface area contributed by atoms with Gasteiger partial charge in [-0.05, 0) is 19.1 Å². The minimum Gasteiger partial charge on any atom is -0.328 e. The summed E-state index contributed by atoms with van der Waals surface area (Å²) in [6.07, 6.45) is 5.01. The van der Waals surface area contributed by atoms with E-state index in [9.17, 15) is 4.79 Å². The highest BCUT2D eigenvalue weighted by molar-refractivity contribution is 5.99. The van der Waals surface area contributed by atoms with Gasteiger partial charge in [-0.1, -0.05) is 12.1 Å². The molecule has 3 aromatic rings. The lowest BCUT2D eigenvalue weighted by Gasteiger charge is -2.03. The van der Waals surface area contributed by atoms with Crippen LogP contribution in [-0.4, -0.2) is 25.2 Å². The maximum absolute atomic E-state index is 12.0. The lowest BCUT2D eigenvalue weighted by molar-refractivity contribution is -0.116. The Balaban J connectivity index is 1.85. The molecular formula is C14H15N5O. The van der Waals surface area contributed by atoms with Crippen LogP contribution < -0.4 is 5.32 Å². The van der Waals surface area contributed by atoms with Crippen molar-refractivity contribution in [3.63, 3.8) is 0 Å². The molecule has 0 aliphatic rings. The van der Waals surface area contributed by atoms with E-state index >= 15 is 0 Å². The maximum Gasteiger partial charge on any atom is 0.245 e. The van der Waals surface area contributed by atoms with Gasteiger partial charge in [-0.15, -0.1) is 0 Å². The van der Waals surface area contributed by atoms with Crippen LogP contribution in [0.1, 0.15) is 6.92 Å². The summed E-state index contributed by atoms with van der Waals surface area (Å²) in [4.78, 5) is 15.9. The molecule has 6 heteroatoms. The number of fused-ring (bicyclic) bond motifs is 1. The summed E-state index contributed by atoms with van der Waals surface area (Å²) in [5, 5.41) is 8.25. The van der Waals surface area contributed by atoms with Crippen molar-refractivity contribution in [2.75, 3.05) is 5.32 Å². The number of nitrogens with zero attached hydrogens (tertiary/aromatic N) is 4. The van der Waals surface area contributed by atoms with Crippen LogP contribution in [0.5, 0.6) is 0 Å². The van der Waals surface area contributed by atoms with Crippen LogP contribution in [0, 0.1) is 0 Å². The topological polar surface area (TPSA) is 64.7 Å². The molecule has 0 spiro atoms. The molecule has 0 unspecified atom stereocenters. The van der Waals surface area contributed by atoms with Gasteiger partial charge in [-0.3, -0.25) is 9.48 Å². The third-order valence-electron chi connectivity index (χ3n) is 3.10. The molecule has 2 aromatic heterocycles. The first-order chi connectivity index (χ1) is 9.78. The SMILES string of the molecule is CCn1nc(NC(=O)Cn2ccnc2)c2ccccc21. The van der Waals surface area contributed by atoms with E-state index in [0.717, 1.165) is 17.4 Å². The van der Waals surface area contributed by atoms with Gasteiger partial charge in [0, 0.05) is 24.3 Å². The Morgan fingerprint density at radius 2 is 2.20 bits per heavy atom. The van der Waals surface area contributed by atoms with Crippen molar-refractivity contribution < 1.29 is 4.79 Å². The number of carbonyl (C=O) groups excluding carboxylic acids is 1. The number of amides is 1. The van der Waals surface area contributed by atoms with Crippen molar-refractivity contribution in [2.45, 2.75) is 20.0 Å². The van der Waals surface area contributed by atoms with Crippen LogP contribution in [0.3, 0.4) is 0 Å². The molecule has 0 saturated heterocycles. The Labute approximate surface area is 116 Å². The molecule has 2 heterocycles. The number of aromatic nitrogens is 4. The van der Waals surface area contributed by atoms with E-state index < -0.39 is 0 Å². The number of aryl methyl sites for hydroxylation is 1. The third kappa shape index (κ3) is 2.27. The average Bonchev–Trinajstić information content (AvgIpc) is 3.07. The van der Waals surface area contributed by atoms with Crippen molar-refractivity contribution in [2.24, 2.45) is 0 Å². The molecular weight excluding hydrogens is 254 g/mol. The highest BCUT2D eigenvalue weighted by Crippen LogP contribution is 2.22. The molecule has 3 rings (SSSR count). The molecule has 0 fully saturated rings. The van der Waals surface area contributed by atoms with E-state index in [-0.39, 0.29) is 12.5 Å². The summed E-state index contributed by atoms with van der Waals surface area (Å²) in [6.45, 7) is 3.02. The highest BCUT2D eigenvalue weighted by atomic mass is 16.2. The van der Waals surface area contributed by atoms with E-state index in [1.165, 1.54) is 0 Å². The number of benzene rings is 1. The second kappa shape index (κ2) is 5.16. The summed E-state index contributed by atoms with van der Waals surface area (Å²) < 4.78 is 3.59. The van der Waals surface area contributed by atoms with Crippen LogP contribution in [0.2, 0.25) is 0 Å². The molecule has 20 heavy (non-hydrogen) atoms. The number of nitrogens with one attached hydrogen (secondary N) is 1. The number of anilines is 1. The highest BCUT2D eigenvalue weighted by Gasteiger charge is 2.11. The zero-order valence-electron chi connectivity index (χ0n) is 11.2. The molecule has 0 saturated carbocycles. The van der Waals surface area contributed by atoms with E-state index in [2.05, 4.69) is 15.4 Å². The summed E-state index contributed by atoms with van der Waals surface area (Å²) in [6, 6.07) is 7.86. The summed E-state index contributed by atoms with van der Waals surface area (Å²) in [5.41, 5.74) is 1.02. The van der Waals surface area contributed by atoms with Gasteiger partial charge in [-0.25, -0.2) is 4.98 Å². The van der Waals surface area contributed by atoms with Crippen molar-refractivity contribution >= 4 is 22.6 Å². The Morgan fingerprint density at radius 3 is 2.95 bits per heavy atom. The Hall–Kier alpha value is -2.63. The van der Waals surface area contributed by atoms with Crippen molar-refractivity contribution in [3.8, 4) is 0 Å². The zero-order valence-corrected chi connectivity index (χ0v) is 11.2. The van der Waals surface area contributed by atoms with Crippen molar-refractivity contribution in [3.05, 3.63) is 43.0 Å². The lowest BCUT2D eigenvalue weighted by Crippen LogP contribution is -2.18. The van der Waals surface area contributed by atoms with Gasteiger partial charge >= 0.3 is 0 Å². The second-order valence-corrected chi connectivity index (χ2v) is 4.46. The molecule has 0 aliphatic heterocycles. The van der Waals surface area contributed by atoms with E-state index in [1.807, 2.05) is 35.9 Å². The Kier molecular flexibility index (Phi) is 3.20. The quantitative estimate of drug-likeness (QED) is 0.786. The first-order valence-corrected chi connectivity index (χ1v) is 6.49. The van der Waals surface area contributed by atoms with Crippen LogP contribution in [0.4, 0.5) is 5.82 Å². The number of carbonyl (C=O) groups is 1. The molecule has 0 atom stereocenters. The van der Waals surface area contributed by atoms with Crippen LogP contribution in [0.15, 0.2) is 43.0 Å². The summed E-state index contributed by atoms with van der Waals surface area (Å²) >= 11 is 0. The Bertz CT molecular complexity index is 729.